The zero-order valence-corrected chi connectivity index (χ0v) is 31.7. The molecule has 0 saturated carbocycles. The molecule has 0 amide bonds. The number of thiophene rings is 1. The number of aromatic nitrogens is 1. The number of hydrogen-bond donors (Lipinski definition) is 2. The minimum Gasteiger partial charge on any atom is -0.484 e. The quantitative estimate of drug-likeness (QED) is 0.184. The lowest BCUT2D eigenvalue weighted by Crippen LogP contribution is -2.45. The van der Waals surface area contributed by atoms with Gasteiger partial charge in [-0.25, -0.2) is 4.99 Å². The third kappa shape index (κ3) is 5.15. The lowest BCUT2D eigenvalue weighted by atomic mass is 9.82. The highest BCUT2D eigenvalue weighted by atomic mass is 32.1. The van der Waals surface area contributed by atoms with E-state index in [2.05, 4.69) is 197 Å². The zero-order chi connectivity index (χ0) is 37.5. The summed E-state index contributed by atoms with van der Waals surface area (Å²) in [6.07, 6.45) is 6.27. The normalized spacial score (nSPS) is 19.9. The fourth-order valence-corrected chi connectivity index (χ4v) is 10.5. The van der Waals surface area contributed by atoms with E-state index in [0.717, 1.165) is 28.3 Å². The van der Waals surface area contributed by atoms with Crippen LogP contribution in [-0.4, -0.2) is 16.5 Å². The molecule has 4 heterocycles. The summed E-state index contributed by atoms with van der Waals surface area (Å²) in [5.41, 5.74) is 10.6. The van der Waals surface area contributed by atoms with Gasteiger partial charge in [0.25, 0.3) is 0 Å². The average Bonchev–Trinajstić information content (AvgIpc) is 3.96. The highest BCUT2D eigenvalue weighted by Gasteiger charge is 2.40. The minimum atomic E-state index is -0.206. The van der Waals surface area contributed by atoms with Gasteiger partial charge in [-0.2, -0.15) is 0 Å². The number of rotatable bonds is 5. The molecule has 3 aliphatic rings. The first kappa shape index (κ1) is 32.5. The second-order valence-electron chi connectivity index (χ2n) is 15.1. The monoisotopic (exact) mass is 752 g/mol. The summed E-state index contributed by atoms with van der Waals surface area (Å²) >= 11 is 1.86. The van der Waals surface area contributed by atoms with E-state index < -0.39 is 0 Å². The summed E-state index contributed by atoms with van der Waals surface area (Å²) in [4.78, 5) is 5.30. The molecule has 12 rings (SSSR count). The van der Waals surface area contributed by atoms with Crippen LogP contribution in [0.5, 0.6) is 5.75 Å². The molecule has 0 saturated heterocycles. The third-order valence-electron chi connectivity index (χ3n) is 11.9. The Bertz CT molecular complexity index is 3090. The van der Waals surface area contributed by atoms with Gasteiger partial charge < -0.3 is 14.6 Å². The Morgan fingerprint density at radius 3 is 2.14 bits per heavy atom. The fourth-order valence-electron chi connectivity index (χ4n) is 9.32. The van der Waals surface area contributed by atoms with Crippen molar-refractivity contribution in [2.24, 2.45) is 4.99 Å². The second kappa shape index (κ2) is 12.9. The largest absolute Gasteiger partial charge is 0.484 e. The van der Waals surface area contributed by atoms with Crippen LogP contribution in [0.15, 0.2) is 187 Å². The standard InChI is InChI=1S/C51H36N4OS/c1-3-14-31(15-4-1)49-52-50(32-16-5-2-6-17-32)54-51(53-49)39-22-12-26-43-46(39)38-21-11-20-34(48(38)56-43)33-28-29-37-45(30-33)57-44-27-13-25-42(47(37)44)55-40-23-9-7-18-35(40)36-19-8-10-24-41(36)55/h1-30,38,48-50,52H,(H,53,54). The first-order valence-corrected chi connectivity index (χ1v) is 20.4. The van der Waals surface area contributed by atoms with Gasteiger partial charge in [-0.1, -0.05) is 146 Å². The number of nitrogens with zero attached hydrogens (tertiary/aromatic N) is 2. The fraction of sp³-hybridized carbons (Fsp3) is 0.0784. The Labute approximate surface area is 333 Å². The zero-order valence-electron chi connectivity index (χ0n) is 30.8. The molecule has 4 unspecified atom stereocenters. The maximum Gasteiger partial charge on any atom is 0.135 e. The smallest absolute Gasteiger partial charge is 0.135 e. The molecule has 9 aromatic rings. The molecule has 0 fully saturated rings. The van der Waals surface area contributed by atoms with E-state index in [4.69, 9.17) is 9.73 Å². The number of hydrogen-bond acceptors (Lipinski definition) is 5. The van der Waals surface area contributed by atoms with Crippen LogP contribution in [0.1, 0.15) is 46.1 Å². The molecule has 272 valence electrons. The Morgan fingerprint density at radius 1 is 0.632 bits per heavy atom. The molecule has 1 aliphatic carbocycles. The summed E-state index contributed by atoms with van der Waals surface area (Å²) in [7, 11) is 0. The number of amidine groups is 1. The summed E-state index contributed by atoms with van der Waals surface area (Å²) < 4.78 is 11.9. The second-order valence-corrected chi connectivity index (χ2v) is 16.2. The van der Waals surface area contributed by atoms with E-state index in [-0.39, 0.29) is 24.4 Å². The van der Waals surface area contributed by atoms with Gasteiger partial charge in [-0.3, -0.25) is 5.32 Å². The molecule has 0 spiro atoms. The Kier molecular flexibility index (Phi) is 7.37. The molecule has 4 atom stereocenters. The van der Waals surface area contributed by atoms with Crippen LogP contribution in [0, 0.1) is 0 Å². The summed E-state index contributed by atoms with van der Waals surface area (Å²) in [6.45, 7) is 0. The van der Waals surface area contributed by atoms with Gasteiger partial charge >= 0.3 is 0 Å². The van der Waals surface area contributed by atoms with E-state index in [1.807, 2.05) is 11.3 Å². The van der Waals surface area contributed by atoms with E-state index in [1.54, 1.807) is 0 Å². The summed E-state index contributed by atoms with van der Waals surface area (Å²) in [5.74, 6) is 1.82. The molecule has 57 heavy (non-hydrogen) atoms. The molecular weight excluding hydrogens is 717 g/mol. The number of nitrogens with one attached hydrogen (secondary N) is 2. The Morgan fingerprint density at radius 2 is 1.35 bits per heavy atom. The molecule has 0 radical (unpaired) electrons. The third-order valence-corrected chi connectivity index (χ3v) is 13.0. The van der Waals surface area contributed by atoms with Gasteiger partial charge in [0.15, 0.2) is 0 Å². The van der Waals surface area contributed by atoms with E-state index >= 15 is 0 Å². The predicted octanol–water partition coefficient (Wildman–Crippen LogP) is 12.0. The van der Waals surface area contributed by atoms with Crippen molar-refractivity contribution >= 4 is 64.7 Å². The van der Waals surface area contributed by atoms with Crippen LogP contribution in [0.25, 0.3) is 53.2 Å². The van der Waals surface area contributed by atoms with E-state index in [9.17, 15) is 0 Å². The van der Waals surface area contributed by atoms with Crippen molar-refractivity contribution < 1.29 is 4.74 Å². The number of ether oxygens (including phenoxy) is 1. The van der Waals surface area contributed by atoms with Crippen molar-refractivity contribution in [1.82, 2.24) is 15.2 Å². The molecule has 5 nitrogen and oxygen atoms in total. The summed E-state index contributed by atoms with van der Waals surface area (Å²) in [5, 5.41) is 12.6. The van der Waals surface area contributed by atoms with Crippen molar-refractivity contribution in [3.8, 4) is 11.4 Å². The van der Waals surface area contributed by atoms with Crippen LogP contribution in [-0.2, 0) is 0 Å². The number of benzene rings is 7. The first-order valence-electron chi connectivity index (χ1n) is 19.6. The van der Waals surface area contributed by atoms with Crippen molar-refractivity contribution in [3.63, 3.8) is 0 Å². The lowest BCUT2D eigenvalue weighted by Gasteiger charge is -2.33. The van der Waals surface area contributed by atoms with Crippen LogP contribution < -0.4 is 15.4 Å². The Hall–Kier alpha value is -6.73. The van der Waals surface area contributed by atoms with Crippen molar-refractivity contribution in [2.45, 2.75) is 24.4 Å². The maximum atomic E-state index is 6.94. The van der Waals surface area contributed by atoms with Gasteiger partial charge in [0, 0.05) is 53.6 Å². The van der Waals surface area contributed by atoms with Crippen LogP contribution in [0.4, 0.5) is 0 Å². The molecule has 6 heteroatoms. The molecule has 2 aliphatic heterocycles. The molecule has 0 bridgehead atoms. The van der Waals surface area contributed by atoms with E-state index in [0.29, 0.717) is 0 Å². The lowest BCUT2D eigenvalue weighted by molar-refractivity contribution is 0.278. The maximum absolute atomic E-state index is 6.94. The van der Waals surface area contributed by atoms with Crippen LogP contribution in [0.3, 0.4) is 0 Å². The molecule has 7 aromatic carbocycles. The van der Waals surface area contributed by atoms with Gasteiger partial charge in [0.1, 0.15) is 30.0 Å². The molecule has 2 aromatic heterocycles. The molecule has 2 N–H and O–H groups in total. The highest BCUT2D eigenvalue weighted by molar-refractivity contribution is 7.25. The Balaban J connectivity index is 0.927. The highest BCUT2D eigenvalue weighted by Crippen LogP contribution is 2.49. The van der Waals surface area contributed by atoms with Gasteiger partial charge in [-0.05, 0) is 53.1 Å². The number of aliphatic imine (C=N–C) groups is 1. The van der Waals surface area contributed by atoms with Gasteiger partial charge in [0.05, 0.1) is 16.7 Å². The average molecular weight is 753 g/mol. The number of allylic oxidation sites excluding steroid dienone is 2. The summed E-state index contributed by atoms with van der Waals surface area (Å²) in [6, 6.07) is 58.6. The van der Waals surface area contributed by atoms with Gasteiger partial charge in [0.2, 0.25) is 0 Å². The van der Waals surface area contributed by atoms with Gasteiger partial charge in [-0.15, -0.1) is 11.3 Å². The van der Waals surface area contributed by atoms with Crippen molar-refractivity contribution in [3.05, 3.63) is 210 Å². The number of para-hydroxylation sites is 2. The van der Waals surface area contributed by atoms with Crippen molar-refractivity contribution in [2.75, 3.05) is 0 Å². The number of fused-ring (bicyclic) bond motifs is 9. The first-order chi connectivity index (χ1) is 28.3. The molecular formula is C51H36N4OS. The van der Waals surface area contributed by atoms with Crippen LogP contribution in [0.2, 0.25) is 0 Å². The predicted molar refractivity (Wildman–Crippen MR) is 236 cm³/mol. The SMILES string of the molecule is C1=CC2c3c(cccc3C3=NC(c4ccccc4)NC(c4ccccc4)N3)OC2C(c2ccc3c(c2)sc2cccc(-n4c5ccccc5c5ccccc54)c23)=C1. The van der Waals surface area contributed by atoms with E-state index in [1.165, 1.54) is 64.4 Å². The van der Waals surface area contributed by atoms with Crippen molar-refractivity contribution in [1.29, 1.82) is 0 Å². The minimum absolute atomic E-state index is 0.0425. The topological polar surface area (TPSA) is 50.6 Å². The van der Waals surface area contributed by atoms with Crippen LogP contribution >= 0.6 is 11.3 Å².